The molecule has 12 rings (SSSR count). The van der Waals surface area contributed by atoms with Gasteiger partial charge in [-0.2, -0.15) is 0 Å². The molecule has 3 aromatic heterocycles. The molecule has 1 aliphatic heterocycles. The summed E-state index contributed by atoms with van der Waals surface area (Å²) in [7, 11) is 0. The number of hydrogen-bond donors (Lipinski definition) is 3. The second-order valence-corrected chi connectivity index (χ2v) is 16.1. The van der Waals surface area contributed by atoms with Crippen LogP contribution >= 0.6 is 11.3 Å². The predicted octanol–water partition coefficient (Wildman–Crippen LogP) is 12.9. The van der Waals surface area contributed by atoms with Gasteiger partial charge in [0.1, 0.15) is 11.2 Å². The van der Waals surface area contributed by atoms with Gasteiger partial charge >= 0.3 is 0 Å². The summed E-state index contributed by atoms with van der Waals surface area (Å²) < 4.78 is 11.5. The van der Waals surface area contributed by atoms with Crippen LogP contribution in [-0.4, -0.2) is 4.57 Å². The zero-order valence-electron chi connectivity index (χ0n) is 30.8. The van der Waals surface area contributed by atoms with Gasteiger partial charge in [0.05, 0.1) is 29.5 Å². The summed E-state index contributed by atoms with van der Waals surface area (Å²) in [6.07, 6.45) is -0.190. The molecule has 1 aliphatic rings. The van der Waals surface area contributed by atoms with Crippen molar-refractivity contribution in [1.82, 2.24) is 20.5 Å². The molecule has 5 nitrogen and oxygen atoms in total. The van der Waals surface area contributed by atoms with E-state index in [4.69, 9.17) is 4.42 Å². The number of thiophene rings is 1. The number of para-hydroxylation sites is 2. The first-order chi connectivity index (χ1) is 28.2. The normalized spacial score (nSPS) is 17.4. The van der Waals surface area contributed by atoms with Crippen molar-refractivity contribution in [2.24, 2.45) is 0 Å². The average Bonchev–Trinajstić information content (AvgIpc) is 3.95. The van der Waals surface area contributed by atoms with Crippen LogP contribution in [0.3, 0.4) is 0 Å². The second-order valence-electron chi connectivity index (χ2n) is 15.0. The summed E-state index contributed by atoms with van der Waals surface area (Å²) in [6.45, 7) is 0. The molecule has 0 radical (unpaired) electrons. The van der Waals surface area contributed by atoms with Crippen LogP contribution in [0.25, 0.3) is 80.7 Å². The van der Waals surface area contributed by atoms with Crippen molar-refractivity contribution in [2.75, 3.05) is 0 Å². The van der Waals surface area contributed by atoms with Gasteiger partial charge in [0.15, 0.2) is 0 Å². The molecular weight excluding hydrogens is 717 g/mol. The Balaban J connectivity index is 0.952. The average molecular weight is 753 g/mol. The van der Waals surface area contributed by atoms with E-state index in [9.17, 15) is 0 Å². The van der Waals surface area contributed by atoms with E-state index in [-0.39, 0.29) is 18.5 Å². The number of nitrogens with zero attached hydrogens (tertiary/aromatic N) is 1. The number of fused-ring (bicyclic) bond motifs is 9. The highest BCUT2D eigenvalue weighted by Crippen LogP contribution is 2.42. The monoisotopic (exact) mass is 752 g/mol. The summed E-state index contributed by atoms with van der Waals surface area (Å²) in [5.41, 5.74) is 11.3. The van der Waals surface area contributed by atoms with Crippen LogP contribution < -0.4 is 16.0 Å². The number of aromatic nitrogens is 1. The summed E-state index contributed by atoms with van der Waals surface area (Å²) in [6, 6.07) is 65.5. The van der Waals surface area contributed by atoms with Gasteiger partial charge < -0.3 is 8.98 Å². The highest BCUT2D eigenvalue weighted by Gasteiger charge is 2.30. The van der Waals surface area contributed by atoms with E-state index >= 15 is 0 Å². The molecule has 11 aromatic rings. The summed E-state index contributed by atoms with van der Waals surface area (Å²) in [5.74, 6) is 0. The fourth-order valence-electron chi connectivity index (χ4n) is 9.05. The van der Waals surface area contributed by atoms with Crippen molar-refractivity contribution in [3.05, 3.63) is 199 Å². The third-order valence-electron chi connectivity index (χ3n) is 11.7. The molecule has 8 aromatic carbocycles. The summed E-state index contributed by atoms with van der Waals surface area (Å²) in [5, 5.41) is 18.8. The quantitative estimate of drug-likeness (QED) is 0.164. The Morgan fingerprint density at radius 1 is 0.421 bits per heavy atom. The topological polar surface area (TPSA) is 54.2 Å². The van der Waals surface area contributed by atoms with Crippen LogP contribution in [0.4, 0.5) is 0 Å². The standard InChI is InChI=1S/C51H36N4OS/c1-3-12-31(13-4-1)49-52-50(32-14-5-2-6-15-32)54-51(53-49)34-22-26-44-41(29-34)48-36(18-11-21-45(48)56-44)33-23-27-46-40(28-33)39-25-24-35(30-47(39)57-46)55-42-19-9-7-16-37(42)38-17-8-10-20-43(38)55/h1-30,49-54H. The molecule has 2 unspecified atom stereocenters. The fourth-order valence-corrected chi connectivity index (χ4v) is 10.2. The zero-order valence-corrected chi connectivity index (χ0v) is 31.6. The largest absolute Gasteiger partial charge is 0.456 e. The Bertz CT molecular complexity index is 3210. The third kappa shape index (κ3) is 5.34. The maximum absolute atomic E-state index is 6.54. The minimum absolute atomic E-state index is 0.0415. The minimum Gasteiger partial charge on any atom is -0.456 e. The molecule has 57 heavy (non-hydrogen) atoms. The molecule has 0 amide bonds. The van der Waals surface area contributed by atoms with Crippen molar-refractivity contribution in [1.29, 1.82) is 0 Å². The lowest BCUT2D eigenvalue weighted by atomic mass is 9.97. The zero-order chi connectivity index (χ0) is 37.5. The van der Waals surface area contributed by atoms with Gasteiger partial charge in [-0.1, -0.05) is 127 Å². The Hall–Kier alpha value is -6.54. The lowest BCUT2D eigenvalue weighted by Gasteiger charge is -2.39. The van der Waals surface area contributed by atoms with Gasteiger partial charge in [-0.15, -0.1) is 11.3 Å². The number of hydrogen-bond acceptors (Lipinski definition) is 5. The smallest absolute Gasteiger partial charge is 0.136 e. The van der Waals surface area contributed by atoms with E-state index < -0.39 is 0 Å². The third-order valence-corrected chi connectivity index (χ3v) is 12.9. The molecule has 0 bridgehead atoms. The molecule has 272 valence electrons. The lowest BCUT2D eigenvalue weighted by Crippen LogP contribution is -2.54. The van der Waals surface area contributed by atoms with Crippen LogP contribution in [-0.2, 0) is 0 Å². The molecule has 1 saturated heterocycles. The van der Waals surface area contributed by atoms with Gasteiger partial charge in [0.25, 0.3) is 0 Å². The molecule has 6 heteroatoms. The van der Waals surface area contributed by atoms with Gasteiger partial charge in [0.2, 0.25) is 0 Å². The SMILES string of the molecule is c1ccc(C2NC(c3ccccc3)NC(c3ccc4oc5cccc(-c6ccc7sc8cc(-n9c%10ccccc%10c%10ccccc%109)ccc8c7c6)c5c4c3)N2)cc1. The number of benzene rings is 8. The highest BCUT2D eigenvalue weighted by molar-refractivity contribution is 7.25. The Morgan fingerprint density at radius 2 is 1.07 bits per heavy atom. The van der Waals surface area contributed by atoms with E-state index in [1.54, 1.807) is 0 Å². The van der Waals surface area contributed by atoms with E-state index in [1.807, 2.05) is 11.3 Å². The molecule has 0 spiro atoms. The van der Waals surface area contributed by atoms with Crippen LogP contribution in [0.1, 0.15) is 35.2 Å². The molecule has 3 N–H and O–H groups in total. The second kappa shape index (κ2) is 13.0. The molecule has 0 aliphatic carbocycles. The fraction of sp³-hybridized carbons (Fsp3) is 0.0588. The molecular formula is C51H36N4OS. The maximum atomic E-state index is 6.54. The van der Waals surface area contributed by atoms with Crippen molar-refractivity contribution in [3.8, 4) is 16.8 Å². The Labute approximate surface area is 332 Å². The van der Waals surface area contributed by atoms with E-state index in [2.05, 4.69) is 203 Å². The molecule has 2 atom stereocenters. The number of nitrogens with one attached hydrogen (secondary N) is 3. The summed E-state index contributed by atoms with van der Waals surface area (Å²) in [4.78, 5) is 0. The van der Waals surface area contributed by atoms with Gasteiger partial charge in [-0.05, 0) is 82.4 Å². The highest BCUT2D eigenvalue weighted by atomic mass is 32.1. The number of rotatable bonds is 5. The van der Waals surface area contributed by atoms with Crippen LogP contribution in [0, 0.1) is 0 Å². The van der Waals surface area contributed by atoms with Crippen molar-refractivity contribution in [3.63, 3.8) is 0 Å². The molecule has 4 heterocycles. The van der Waals surface area contributed by atoms with Crippen molar-refractivity contribution in [2.45, 2.75) is 18.5 Å². The summed E-state index contributed by atoms with van der Waals surface area (Å²) >= 11 is 1.86. The Kier molecular flexibility index (Phi) is 7.46. The van der Waals surface area contributed by atoms with Crippen molar-refractivity contribution >= 4 is 75.3 Å². The first kappa shape index (κ1) is 32.7. The lowest BCUT2D eigenvalue weighted by molar-refractivity contribution is 0.203. The van der Waals surface area contributed by atoms with Crippen molar-refractivity contribution < 1.29 is 4.42 Å². The first-order valence-electron chi connectivity index (χ1n) is 19.5. The first-order valence-corrected chi connectivity index (χ1v) is 20.3. The van der Waals surface area contributed by atoms with E-state index in [1.165, 1.54) is 69.9 Å². The maximum Gasteiger partial charge on any atom is 0.136 e. The molecule has 0 saturated carbocycles. The van der Waals surface area contributed by atoms with Gasteiger partial charge in [0, 0.05) is 47.4 Å². The Morgan fingerprint density at radius 3 is 1.77 bits per heavy atom. The number of furan rings is 1. The van der Waals surface area contributed by atoms with E-state index in [0.29, 0.717) is 0 Å². The van der Waals surface area contributed by atoms with E-state index in [0.717, 1.165) is 27.5 Å². The van der Waals surface area contributed by atoms with Crippen LogP contribution in [0.5, 0.6) is 0 Å². The predicted molar refractivity (Wildman–Crippen MR) is 237 cm³/mol. The van der Waals surface area contributed by atoms with Crippen LogP contribution in [0.2, 0.25) is 0 Å². The van der Waals surface area contributed by atoms with Gasteiger partial charge in [-0.25, -0.2) is 0 Å². The minimum atomic E-state index is -0.107. The molecule has 1 fully saturated rings. The van der Waals surface area contributed by atoms with Crippen LogP contribution in [0.15, 0.2) is 186 Å². The van der Waals surface area contributed by atoms with Gasteiger partial charge in [-0.3, -0.25) is 16.0 Å².